The Hall–Kier alpha value is -0.430. The van der Waals surface area contributed by atoms with Gasteiger partial charge in [0, 0.05) is 35.2 Å². The summed E-state index contributed by atoms with van der Waals surface area (Å²) >= 11 is 10.6. The monoisotopic (exact) mass is 460 g/mol. The van der Waals surface area contributed by atoms with Crippen molar-refractivity contribution in [3.63, 3.8) is 0 Å². The molecule has 0 amide bonds. The molecule has 1 N–H and O–H groups in total. The summed E-state index contributed by atoms with van der Waals surface area (Å²) in [5.41, 5.74) is 2.89. The van der Waals surface area contributed by atoms with Crippen LogP contribution in [0.25, 0.3) is 0 Å². The molecule has 0 saturated carbocycles. The van der Waals surface area contributed by atoms with Gasteiger partial charge in [0.1, 0.15) is 4.60 Å². The third-order valence-corrected chi connectivity index (χ3v) is 6.24. The number of nitrogens with zero attached hydrogens (tertiary/aromatic N) is 1. The minimum absolute atomic E-state index is 0.0202. The van der Waals surface area contributed by atoms with Gasteiger partial charge < -0.3 is 5.32 Å². The van der Waals surface area contributed by atoms with Gasteiger partial charge in [0.25, 0.3) is 5.91 Å². The van der Waals surface area contributed by atoms with E-state index in [-0.39, 0.29) is 5.91 Å². The van der Waals surface area contributed by atoms with Gasteiger partial charge in [-0.2, -0.15) is 0 Å². The predicted molar refractivity (Wildman–Crippen MR) is 89.1 cm³/mol. The van der Waals surface area contributed by atoms with Gasteiger partial charge in [-0.15, -0.1) is 0 Å². The minimum Gasteiger partial charge on any atom is -0.312 e. The smallest absolute Gasteiger partial charge is 0.264 e. The Balaban J connectivity index is 2.16. The van der Waals surface area contributed by atoms with Gasteiger partial charge in [0.2, 0.25) is 0 Å². The lowest BCUT2D eigenvalue weighted by molar-refractivity contribution is 0.0953. The van der Waals surface area contributed by atoms with Crippen molar-refractivity contribution in [3.8, 4) is 0 Å². The van der Waals surface area contributed by atoms with Crippen LogP contribution in [0.4, 0.5) is 0 Å². The van der Waals surface area contributed by atoms with Crippen LogP contribution < -0.4 is 5.32 Å². The molecule has 20 heavy (non-hydrogen) atoms. The zero-order valence-electron chi connectivity index (χ0n) is 10.4. The van der Waals surface area contributed by atoms with Gasteiger partial charge in [0.15, 0.2) is 0 Å². The standard InChI is InChI=1S/C14H11Br3N2O/c15-10-4-2-1-3-8(10)14(20)19-11-5-6-18-7-9(11)12(16)13(19)17/h1-4,18H,5-7H2. The number of rotatable bonds is 1. The molecule has 0 spiro atoms. The first-order chi connectivity index (χ1) is 9.61. The molecule has 1 aromatic heterocycles. The summed E-state index contributed by atoms with van der Waals surface area (Å²) in [5, 5.41) is 3.33. The number of carbonyl (C=O) groups is 1. The van der Waals surface area contributed by atoms with Gasteiger partial charge in [-0.3, -0.25) is 9.36 Å². The van der Waals surface area contributed by atoms with Crippen LogP contribution in [0.2, 0.25) is 0 Å². The fourth-order valence-corrected chi connectivity index (χ4v) is 4.05. The topological polar surface area (TPSA) is 34.0 Å². The van der Waals surface area contributed by atoms with E-state index in [0.29, 0.717) is 5.56 Å². The highest BCUT2D eigenvalue weighted by atomic mass is 79.9. The highest BCUT2D eigenvalue weighted by Gasteiger charge is 2.26. The molecule has 0 unspecified atom stereocenters. The molecule has 0 fully saturated rings. The average Bonchev–Trinajstić information content (AvgIpc) is 2.71. The molecule has 0 radical (unpaired) electrons. The molecule has 2 heterocycles. The number of carbonyl (C=O) groups excluding carboxylic acids is 1. The van der Waals surface area contributed by atoms with Crippen LogP contribution in [-0.2, 0) is 13.0 Å². The molecule has 2 aromatic rings. The normalized spacial score (nSPS) is 14.2. The summed E-state index contributed by atoms with van der Waals surface area (Å²) in [6.45, 7) is 1.67. The number of hydrogen-bond donors (Lipinski definition) is 1. The molecule has 0 atom stereocenters. The van der Waals surface area contributed by atoms with E-state index in [1.807, 2.05) is 24.3 Å². The van der Waals surface area contributed by atoms with E-state index in [2.05, 4.69) is 53.1 Å². The number of hydrogen-bond acceptors (Lipinski definition) is 2. The Labute approximate surface area is 142 Å². The molecule has 0 saturated heterocycles. The molecule has 1 aliphatic heterocycles. The van der Waals surface area contributed by atoms with Gasteiger partial charge in [0.05, 0.1) is 10.0 Å². The van der Waals surface area contributed by atoms with Crippen LogP contribution >= 0.6 is 47.8 Å². The molecule has 6 heteroatoms. The Bertz CT molecular complexity index is 694. The van der Waals surface area contributed by atoms with Gasteiger partial charge in [-0.25, -0.2) is 0 Å². The van der Waals surface area contributed by atoms with Crippen molar-refractivity contribution in [3.05, 3.63) is 54.6 Å². The van der Waals surface area contributed by atoms with Crippen molar-refractivity contribution in [2.24, 2.45) is 0 Å². The molecule has 0 aliphatic carbocycles. The van der Waals surface area contributed by atoms with E-state index in [4.69, 9.17) is 0 Å². The lowest BCUT2D eigenvalue weighted by Gasteiger charge is -2.16. The second-order valence-electron chi connectivity index (χ2n) is 4.58. The summed E-state index contributed by atoms with van der Waals surface area (Å²) in [6.07, 6.45) is 0.843. The number of halogens is 3. The van der Waals surface area contributed by atoms with E-state index in [1.54, 1.807) is 4.57 Å². The van der Waals surface area contributed by atoms with Crippen LogP contribution in [0, 0.1) is 0 Å². The SMILES string of the molecule is O=C(c1ccccc1Br)n1c(Br)c(Br)c2c1CCNC2. The van der Waals surface area contributed by atoms with E-state index >= 15 is 0 Å². The van der Waals surface area contributed by atoms with Crippen molar-refractivity contribution in [1.82, 2.24) is 9.88 Å². The van der Waals surface area contributed by atoms with E-state index in [0.717, 1.165) is 44.3 Å². The van der Waals surface area contributed by atoms with E-state index in [9.17, 15) is 4.79 Å². The van der Waals surface area contributed by atoms with Crippen molar-refractivity contribution in [2.75, 3.05) is 6.54 Å². The molecule has 1 aliphatic rings. The summed E-state index contributed by atoms with van der Waals surface area (Å²) in [4.78, 5) is 12.8. The van der Waals surface area contributed by atoms with E-state index < -0.39 is 0 Å². The first kappa shape index (κ1) is 14.5. The van der Waals surface area contributed by atoms with Gasteiger partial charge >= 0.3 is 0 Å². The minimum atomic E-state index is -0.0202. The molecule has 3 rings (SSSR count). The van der Waals surface area contributed by atoms with E-state index in [1.165, 1.54) is 0 Å². The van der Waals surface area contributed by atoms with Crippen LogP contribution in [-0.4, -0.2) is 17.0 Å². The van der Waals surface area contributed by atoms with Crippen molar-refractivity contribution >= 4 is 53.7 Å². The second-order valence-corrected chi connectivity index (χ2v) is 6.98. The Morgan fingerprint density at radius 3 is 2.70 bits per heavy atom. The summed E-state index contributed by atoms with van der Waals surface area (Å²) in [6, 6.07) is 7.49. The lowest BCUT2D eigenvalue weighted by Crippen LogP contribution is -2.26. The average molecular weight is 463 g/mol. The fraction of sp³-hybridized carbons (Fsp3) is 0.214. The molecule has 0 bridgehead atoms. The zero-order chi connectivity index (χ0) is 14.3. The van der Waals surface area contributed by atoms with Crippen molar-refractivity contribution in [2.45, 2.75) is 13.0 Å². The summed E-state index contributed by atoms with van der Waals surface area (Å²) < 4.78 is 4.32. The first-order valence-corrected chi connectivity index (χ1v) is 8.56. The number of aromatic nitrogens is 1. The second kappa shape index (κ2) is 5.75. The Morgan fingerprint density at radius 2 is 1.95 bits per heavy atom. The lowest BCUT2D eigenvalue weighted by atomic mass is 10.1. The highest BCUT2D eigenvalue weighted by Crippen LogP contribution is 2.35. The largest absolute Gasteiger partial charge is 0.312 e. The van der Waals surface area contributed by atoms with Gasteiger partial charge in [-0.05, 0) is 59.9 Å². The highest BCUT2D eigenvalue weighted by molar-refractivity contribution is 9.13. The maximum atomic E-state index is 12.8. The Morgan fingerprint density at radius 1 is 1.20 bits per heavy atom. The van der Waals surface area contributed by atoms with Crippen molar-refractivity contribution < 1.29 is 4.79 Å². The summed E-state index contributed by atoms with van der Waals surface area (Å²) in [5.74, 6) is -0.0202. The molecular weight excluding hydrogens is 452 g/mol. The quantitative estimate of drug-likeness (QED) is 0.692. The number of nitrogens with one attached hydrogen (secondary N) is 1. The predicted octanol–water partition coefficient (Wildman–Crippen LogP) is 4.11. The molecule has 3 nitrogen and oxygen atoms in total. The van der Waals surface area contributed by atoms with Crippen molar-refractivity contribution in [1.29, 1.82) is 0 Å². The Kier molecular flexibility index (Phi) is 4.17. The summed E-state index contributed by atoms with van der Waals surface area (Å²) in [7, 11) is 0. The maximum Gasteiger partial charge on any atom is 0.264 e. The molecular formula is C14H11Br3N2O. The third-order valence-electron chi connectivity index (χ3n) is 3.41. The maximum absolute atomic E-state index is 12.8. The van der Waals surface area contributed by atoms with Crippen LogP contribution in [0.15, 0.2) is 37.8 Å². The van der Waals surface area contributed by atoms with Gasteiger partial charge in [-0.1, -0.05) is 12.1 Å². The first-order valence-electron chi connectivity index (χ1n) is 6.18. The third kappa shape index (κ3) is 2.32. The van der Waals surface area contributed by atoms with Crippen LogP contribution in [0.5, 0.6) is 0 Å². The number of benzene rings is 1. The fourth-order valence-electron chi connectivity index (χ4n) is 2.43. The molecule has 1 aromatic carbocycles. The molecule has 104 valence electrons. The van der Waals surface area contributed by atoms with Crippen LogP contribution in [0.1, 0.15) is 21.6 Å². The van der Waals surface area contributed by atoms with Crippen LogP contribution in [0.3, 0.4) is 0 Å². The number of fused-ring (bicyclic) bond motifs is 1. The zero-order valence-corrected chi connectivity index (χ0v) is 15.2.